The number of carbonyl (C=O) groups excluding carboxylic acids is 1. The number of benzene rings is 2. The molecule has 1 N–H and O–H groups in total. The number of aromatic nitrogens is 1. The Morgan fingerprint density at radius 3 is 2.61 bits per heavy atom. The van der Waals surface area contributed by atoms with Gasteiger partial charge >= 0.3 is 0 Å². The molecule has 0 saturated carbocycles. The zero-order valence-corrected chi connectivity index (χ0v) is 21.0. The normalized spacial score (nSPS) is 14.1. The van der Waals surface area contributed by atoms with Crippen LogP contribution in [0, 0.1) is 17.7 Å². The number of rotatable bonds is 7. The minimum atomic E-state index is -0.272. The molecular formula is C29H31FN4O2. The fraction of sp³-hybridized carbons (Fsp3) is 0.310. The lowest BCUT2D eigenvalue weighted by molar-refractivity contribution is 0.103. The van der Waals surface area contributed by atoms with Crippen molar-refractivity contribution in [3.05, 3.63) is 82.8 Å². The van der Waals surface area contributed by atoms with Crippen molar-refractivity contribution in [2.24, 2.45) is 0 Å². The van der Waals surface area contributed by atoms with E-state index in [1.54, 1.807) is 37.4 Å². The van der Waals surface area contributed by atoms with Crippen LogP contribution in [0.2, 0.25) is 0 Å². The number of nitrogens with one attached hydrogen (secondary N) is 1. The minimum Gasteiger partial charge on any atom is -0.496 e. The summed E-state index contributed by atoms with van der Waals surface area (Å²) in [7, 11) is 3.68. The van der Waals surface area contributed by atoms with E-state index in [9.17, 15) is 9.18 Å². The van der Waals surface area contributed by atoms with Gasteiger partial charge in [0.15, 0.2) is 5.78 Å². The van der Waals surface area contributed by atoms with E-state index in [0.29, 0.717) is 35.7 Å². The predicted octanol–water partition coefficient (Wildman–Crippen LogP) is 4.37. The molecule has 6 nitrogen and oxygen atoms in total. The second-order valence-corrected chi connectivity index (χ2v) is 8.84. The maximum atomic E-state index is 13.5. The molecule has 1 aromatic heterocycles. The third-order valence-electron chi connectivity index (χ3n) is 6.31. The number of likely N-dealkylation sites (N-methyl/N-ethyl adjacent to an activating group) is 1. The Labute approximate surface area is 212 Å². The molecule has 0 spiro atoms. The summed E-state index contributed by atoms with van der Waals surface area (Å²) in [6.07, 6.45) is 2.22. The highest BCUT2D eigenvalue weighted by Crippen LogP contribution is 2.25. The molecule has 36 heavy (non-hydrogen) atoms. The number of aryl methyl sites for hydroxylation is 1. The average molecular weight is 487 g/mol. The maximum Gasteiger partial charge on any atom is 0.198 e. The zero-order chi connectivity index (χ0) is 25.5. The Bertz CT molecular complexity index is 1270. The van der Waals surface area contributed by atoms with Gasteiger partial charge in [-0.1, -0.05) is 18.8 Å². The van der Waals surface area contributed by atoms with Crippen LogP contribution in [-0.4, -0.2) is 67.4 Å². The summed E-state index contributed by atoms with van der Waals surface area (Å²) in [5.41, 5.74) is 3.29. The molecule has 0 aliphatic carbocycles. The smallest absolute Gasteiger partial charge is 0.198 e. The number of hydrogen-bond donors (Lipinski definition) is 1. The molecule has 3 aromatic rings. The quantitative estimate of drug-likeness (QED) is 0.396. The molecule has 2 heterocycles. The van der Waals surface area contributed by atoms with E-state index in [0.717, 1.165) is 43.0 Å². The van der Waals surface area contributed by atoms with Gasteiger partial charge in [0, 0.05) is 49.2 Å². The van der Waals surface area contributed by atoms with E-state index in [2.05, 4.69) is 39.0 Å². The molecule has 1 aliphatic heterocycles. The van der Waals surface area contributed by atoms with Gasteiger partial charge in [0.2, 0.25) is 0 Å². The largest absolute Gasteiger partial charge is 0.496 e. The first-order chi connectivity index (χ1) is 17.5. The lowest BCUT2D eigenvalue weighted by atomic mass is 10.0. The minimum absolute atomic E-state index is 0.190. The third kappa shape index (κ3) is 6.28. The van der Waals surface area contributed by atoms with Crippen molar-refractivity contribution in [1.82, 2.24) is 14.8 Å². The predicted molar refractivity (Wildman–Crippen MR) is 141 cm³/mol. The highest BCUT2D eigenvalue weighted by Gasteiger charge is 2.16. The van der Waals surface area contributed by atoms with Gasteiger partial charge in [-0.15, -0.1) is 0 Å². The van der Waals surface area contributed by atoms with Gasteiger partial charge in [0.05, 0.1) is 19.2 Å². The van der Waals surface area contributed by atoms with Crippen molar-refractivity contribution in [3.8, 4) is 17.6 Å². The first-order valence-electron chi connectivity index (χ1n) is 12.1. The standard InChI is InChI=1S/C29H31FN4O2/c1-4-22-19-24(30)9-10-26(22)32-28-12-8-23(20-31-28)29(35)25-18-21(7-11-27(25)36-3)6-5-13-34-16-14-33(2)15-17-34/h7-12,18-20H,4,13-17H2,1-3H3,(H,31,32). The molecule has 186 valence electrons. The summed E-state index contributed by atoms with van der Waals surface area (Å²) in [6.45, 7) is 6.79. The number of halogens is 1. The number of anilines is 2. The Kier molecular flexibility index (Phi) is 8.32. The number of ether oxygens (including phenoxy) is 1. The van der Waals surface area contributed by atoms with Crippen LogP contribution in [0.15, 0.2) is 54.7 Å². The number of pyridine rings is 1. The summed E-state index contributed by atoms with van der Waals surface area (Å²) in [4.78, 5) is 22.3. The first-order valence-corrected chi connectivity index (χ1v) is 12.1. The summed E-state index contributed by atoms with van der Waals surface area (Å²) < 4.78 is 19.0. The number of nitrogens with zero attached hydrogens (tertiary/aromatic N) is 3. The van der Waals surface area contributed by atoms with Gasteiger partial charge < -0.3 is 15.0 Å². The van der Waals surface area contributed by atoms with E-state index in [1.165, 1.54) is 18.3 Å². The Morgan fingerprint density at radius 1 is 1.11 bits per heavy atom. The summed E-state index contributed by atoms with van der Waals surface area (Å²) in [5.74, 6) is 7.02. The van der Waals surface area contributed by atoms with Crippen molar-refractivity contribution >= 4 is 17.3 Å². The van der Waals surface area contributed by atoms with E-state index in [4.69, 9.17) is 4.74 Å². The number of ketones is 1. The molecular weight excluding hydrogens is 455 g/mol. The number of carbonyl (C=O) groups is 1. The van der Waals surface area contributed by atoms with Crippen LogP contribution in [-0.2, 0) is 6.42 Å². The second-order valence-electron chi connectivity index (χ2n) is 8.84. The topological polar surface area (TPSA) is 57.7 Å². The molecule has 1 fully saturated rings. The first kappa shape index (κ1) is 25.4. The van der Waals surface area contributed by atoms with Gasteiger partial charge in [0.25, 0.3) is 0 Å². The number of methoxy groups -OCH3 is 1. The fourth-order valence-electron chi connectivity index (χ4n) is 4.09. The monoisotopic (exact) mass is 486 g/mol. The molecule has 7 heteroatoms. The molecule has 1 saturated heterocycles. The van der Waals surface area contributed by atoms with Crippen LogP contribution in [0.4, 0.5) is 15.9 Å². The molecule has 0 atom stereocenters. The Morgan fingerprint density at radius 2 is 1.92 bits per heavy atom. The van der Waals surface area contributed by atoms with Crippen molar-refractivity contribution in [1.29, 1.82) is 0 Å². The van der Waals surface area contributed by atoms with Gasteiger partial charge in [-0.25, -0.2) is 9.37 Å². The summed E-state index contributed by atoms with van der Waals surface area (Å²) >= 11 is 0. The Hall–Kier alpha value is -3.73. The van der Waals surface area contributed by atoms with E-state index >= 15 is 0 Å². The molecule has 0 radical (unpaired) electrons. The van der Waals surface area contributed by atoms with E-state index in [-0.39, 0.29) is 11.6 Å². The van der Waals surface area contributed by atoms with Crippen LogP contribution in [0.25, 0.3) is 0 Å². The molecule has 4 rings (SSSR count). The third-order valence-corrected chi connectivity index (χ3v) is 6.31. The van der Waals surface area contributed by atoms with Gasteiger partial charge in [-0.3, -0.25) is 9.69 Å². The number of piperazine rings is 1. The van der Waals surface area contributed by atoms with Crippen LogP contribution in [0.1, 0.15) is 34.0 Å². The van der Waals surface area contributed by atoms with Crippen molar-refractivity contribution in [2.75, 3.05) is 52.2 Å². The molecule has 2 aromatic carbocycles. The molecule has 0 amide bonds. The summed E-state index contributed by atoms with van der Waals surface area (Å²) in [5, 5.41) is 3.20. The SMILES string of the molecule is CCc1cc(F)ccc1Nc1ccc(C(=O)c2cc(C#CCN3CCN(C)CC3)ccc2OC)cn1. The van der Waals surface area contributed by atoms with Gasteiger partial charge in [0.1, 0.15) is 17.4 Å². The molecule has 1 aliphatic rings. The molecule has 0 bridgehead atoms. The van der Waals surface area contributed by atoms with Gasteiger partial charge in [-0.2, -0.15) is 0 Å². The molecule has 0 unspecified atom stereocenters. The fourth-order valence-corrected chi connectivity index (χ4v) is 4.09. The maximum absolute atomic E-state index is 13.5. The van der Waals surface area contributed by atoms with Crippen molar-refractivity contribution in [2.45, 2.75) is 13.3 Å². The van der Waals surface area contributed by atoms with E-state index in [1.807, 2.05) is 13.0 Å². The lowest BCUT2D eigenvalue weighted by Crippen LogP contribution is -2.44. The van der Waals surface area contributed by atoms with Crippen LogP contribution in [0.5, 0.6) is 5.75 Å². The zero-order valence-electron chi connectivity index (χ0n) is 21.0. The van der Waals surface area contributed by atoms with Crippen LogP contribution < -0.4 is 10.1 Å². The number of hydrogen-bond acceptors (Lipinski definition) is 6. The van der Waals surface area contributed by atoms with Crippen LogP contribution in [0.3, 0.4) is 0 Å². The van der Waals surface area contributed by atoms with Crippen molar-refractivity contribution < 1.29 is 13.9 Å². The van der Waals surface area contributed by atoms with Crippen LogP contribution >= 0.6 is 0 Å². The lowest BCUT2D eigenvalue weighted by Gasteiger charge is -2.30. The van der Waals surface area contributed by atoms with Gasteiger partial charge in [-0.05, 0) is 67.6 Å². The second kappa shape index (κ2) is 11.8. The van der Waals surface area contributed by atoms with Crippen molar-refractivity contribution in [3.63, 3.8) is 0 Å². The highest BCUT2D eigenvalue weighted by atomic mass is 19.1. The Balaban J connectivity index is 1.48. The highest BCUT2D eigenvalue weighted by molar-refractivity contribution is 6.10. The summed E-state index contributed by atoms with van der Waals surface area (Å²) in [6, 6.07) is 13.5. The average Bonchev–Trinajstić information content (AvgIpc) is 2.90. The van der Waals surface area contributed by atoms with E-state index < -0.39 is 0 Å².